The van der Waals surface area contributed by atoms with E-state index in [1.54, 1.807) is 31.3 Å². The van der Waals surface area contributed by atoms with E-state index in [-0.39, 0.29) is 11.3 Å². The van der Waals surface area contributed by atoms with E-state index in [0.717, 1.165) is 25.7 Å². The molecule has 1 aliphatic rings. The summed E-state index contributed by atoms with van der Waals surface area (Å²) in [6, 6.07) is 6.29. The third-order valence-electron chi connectivity index (χ3n) is 3.98. The number of hydrogen-bond donors (Lipinski definition) is 1. The molecule has 1 N–H and O–H groups in total. The van der Waals surface area contributed by atoms with Crippen LogP contribution < -0.4 is 5.32 Å². The highest BCUT2D eigenvalue weighted by Gasteiger charge is 2.30. The lowest BCUT2D eigenvalue weighted by Crippen LogP contribution is -2.31. The number of hydrogen-bond acceptors (Lipinski definition) is 3. The molecule has 0 heterocycles. The van der Waals surface area contributed by atoms with E-state index in [9.17, 15) is 13.2 Å². The minimum atomic E-state index is -3.29. The van der Waals surface area contributed by atoms with Gasteiger partial charge < -0.3 is 10.2 Å². The predicted octanol–water partition coefficient (Wildman–Crippen LogP) is 2.89. The summed E-state index contributed by atoms with van der Waals surface area (Å²) in [6.45, 7) is 2.46. The first-order chi connectivity index (χ1) is 9.95. The standard InChI is InChI=1S/C15H22N2O3S/c1-3-17(2)15(18)16-12-7-6-10-14(11-12)21(19,20)13-8-4-5-9-13/h6-7,10-11,13H,3-5,8-9H2,1-2H3,(H,16,18). The van der Waals surface area contributed by atoms with Gasteiger partial charge in [0.15, 0.2) is 9.84 Å². The normalized spacial score (nSPS) is 15.9. The van der Waals surface area contributed by atoms with Crippen molar-refractivity contribution in [3.63, 3.8) is 0 Å². The van der Waals surface area contributed by atoms with Gasteiger partial charge in [0.25, 0.3) is 0 Å². The molecular formula is C15H22N2O3S. The Kier molecular flexibility index (Phi) is 4.88. The number of anilines is 1. The number of carbonyl (C=O) groups is 1. The molecule has 1 aliphatic carbocycles. The van der Waals surface area contributed by atoms with Crippen LogP contribution >= 0.6 is 0 Å². The van der Waals surface area contributed by atoms with Crippen LogP contribution in [0.4, 0.5) is 10.5 Å². The Labute approximate surface area is 126 Å². The quantitative estimate of drug-likeness (QED) is 0.930. The van der Waals surface area contributed by atoms with Crippen molar-refractivity contribution in [2.75, 3.05) is 18.9 Å². The SMILES string of the molecule is CCN(C)C(=O)Nc1cccc(S(=O)(=O)C2CCCC2)c1. The van der Waals surface area contributed by atoms with Crippen LogP contribution in [0.5, 0.6) is 0 Å². The van der Waals surface area contributed by atoms with E-state index in [2.05, 4.69) is 5.32 Å². The molecule has 0 aromatic heterocycles. The Hall–Kier alpha value is -1.56. The van der Waals surface area contributed by atoms with Gasteiger partial charge in [-0.05, 0) is 38.0 Å². The van der Waals surface area contributed by atoms with Crippen LogP contribution in [-0.2, 0) is 9.84 Å². The molecule has 0 saturated heterocycles. The van der Waals surface area contributed by atoms with E-state index in [4.69, 9.17) is 0 Å². The van der Waals surface area contributed by atoms with Crippen molar-refractivity contribution in [2.24, 2.45) is 0 Å². The van der Waals surface area contributed by atoms with E-state index >= 15 is 0 Å². The van der Waals surface area contributed by atoms with Gasteiger partial charge in [0.05, 0.1) is 10.1 Å². The number of sulfone groups is 1. The van der Waals surface area contributed by atoms with Gasteiger partial charge in [0.1, 0.15) is 0 Å². The number of urea groups is 1. The average molecular weight is 310 g/mol. The molecule has 2 amide bonds. The Bertz CT molecular complexity index is 607. The summed E-state index contributed by atoms with van der Waals surface area (Å²) in [7, 11) is -1.60. The molecule has 6 heteroatoms. The molecule has 5 nitrogen and oxygen atoms in total. The van der Waals surface area contributed by atoms with Crippen molar-refractivity contribution in [3.8, 4) is 0 Å². The van der Waals surface area contributed by atoms with Crippen LogP contribution in [0.1, 0.15) is 32.6 Å². The summed E-state index contributed by atoms with van der Waals surface area (Å²) in [6.07, 6.45) is 3.41. The zero-order valence-electron chi connectivity index (χ0n) is 12.5. The van der Waals surface area contributed by atoms with Crippen molar-refractivity contribution in [2.45, 2.75) is 42.8 Å². The van der Waals surface area contributed by atoms with Crippen LogP contribution in [0, 0.1) is 0 Å². The summed E-state index contributed by atoms with van der Waals surface area (Å²) in [5, 5.41) is 2.44. The van der Waals surface area contributed by atoms with Gasteiger partial charge in [-0.3, -0.25) is 0 Å². The monoisotopic (exact) mass is 310 g/mol. The smallest absolute Gasteiger partial charge is 0.321 e. The van der Waals surface area contributed by atoms with Gasteiger partial charge in [0, 0.05) is 19.3 Å². The zero-order valence-corrected chi connectivity index (χ0v) is 13.3. The third-order valence-corrected chi connectivity index (χ3v) is 6.24. The van der Waals surface area contributed by atoms with Crippen LogP contribution in [-0.4, -0.2) is 38.2 Å². The summed E-state index contributed by atoms with van der Waals surface area (Å²) < 4.78 is 25.1. The highest BCUT2D eigenvalue weighted by atomic mass is 32.2. The van der Waals surface area contributed by atoms with E-state index in [1.807, 2.05) is 6.92 Å². The second kappa shape index (κ2) is 6.47. The van der Waals surface area contributed by atoms with Crippen molar-refractivity contribution in [1.29, 1.82) is 0 Å². The van der Waals surface area contributed by atoms with E-state index in [0.29, 0.717) is 17.1 Å². The molecule has 0 radical (unpaired) electrons. The van der Waals surface area contributed by atoms with Crippen molar-refractivity contribution < 1.29 is 13.2 Å². The molecule has 0 bridgehead atoms. The predicted molar refractivity (Wildman–Crippen MR) is 83.2 cm³/mol. The van der Waals surface area contributed by atoms with Crippen molar-refractivity contribution in [3.05, 3.63) is 24.3 Å². The lowest BCUT2D eigenvalue weighted by Gasteiger charge is -2.16. The number of rotatable bonds is 4. The zero-order chi connectivity index (χ0) is 15.5. The second-order valence-corrected chi connectivity index (χ2v) is 7.65. The van der Waals surface area contributed by atoms with Crippen LogP contribution in [0.25, 0.3) is 0 Å². The Balaban J connectivity index is 2.19. The number of amides is 2. The van der Waals surface area contributed by atoms with E-state index in [1.165, 1.54) is 4.90 Å². The first kappa shape index (κ1) is 15.8. The second-order valence-electron chi connectivity index (χ2n) is 5.42. The maximum Gasteiger partial charge on any atom is 0.321 e. The largest absolute Gasteiger partial charge is 0.328 e. The van der Waals surface area contributed by atoms with Gasteiger partial charge >= 0.3 is 6.03 Å². The molecule has 116 valence electrons. The minimum absolute atomic E-state index is 0.243. The summed E-state index contributed by atoms with van der Waals surface area (Å²) >= 11 is 0. The van der Waals surface area contributed by atoms with Gasteiger partial charge in [0.2, 0.25) is 0 Å². The van der Waals surface area contributed by atoms with Gasteiger partial charge in [-0.25, -0.2) is 13.2 Å². The maximum atomic E-state index is 12.5. The third kappa shape index (κ3) is 3.56. The van der Waals surface area contributed by atoms with Gasteiger partial charge in [-0.15, -0.1) is 0 Å². The molecule has 1 aromatic rings. The molecule has 21 heavy (non-hydrogen) atoms. The lowest BCUT2D eigenvalue weighted by molar-refractivity contribution is 0.224. The van der Waals surface area contributed by atoms with Crippen molar-refractivity contribution >= 4 is 21.6 Å². The maximum absolute atomic E-state index is 12.5. The molecule has 0 atom stereocenters. The average Bonchev–Trinajstić information content (AvgIpc) is 3.01. The highest BCUT2D eigenvalue weighted by molar-refractivity contribution is 7.92. The van der Waals surface area contributed by atoms with Crippen molar-refractivity contribution in [1.82, 2.24) is 4.90 Å². The molecule has 0 spiro atoms. The minimum Gasteiger partial charge on any atom is -0.328 e. The Morgan fingerprint density at radius 3 is 2.62 bits per heavy atom. The van der Waals surface area contributed by atoms with Crippen LogP contribution in [0.15, 0.2) is 29.2 Å². The summed E-state index contributed by atoms with van der Waals surface area (Å²) in [5.41, 5.74) is 0.513. The molecule has 1 fully saturated rings. The van der Waals surface area contributed by atoms with Gasteiger partial charge in [-0.1, -0.05) is 18.9 Å². The molecule has 1 saturated carbocycles. The number of carbonyl (C=O) groups excluding carboxylic acids is 1. The molecular weight excluding hydrogens is 288 g/mol. The first-order valence-corrected chi connectivity index (χ1v) is 8.86. The molecule has 2 rings (SSSR count). The Morgan fingerprint density at radius 1 is 1.33 bits per heavy atom. The highest BCUT2D eigenvalue weighted by Crippen LogP contribution is 2.30. The van der Waals surface area contributed by atoms with Gasteiger partial charge in [-0.2, -0.15) is 0 Å². The number of benzene rings is 1. The first-order valence-electron chi connectivity index (χ1n) is 7.31. The van der Waals surface area contributed by atoms with Crippen LogP contribution in [0.2, 0.25) is 0 Å². The lowest BCUT2D eigenvalue weighted by atomic mass is 10.3. The summed E-state index contributed by atoms with van der Waals surface area (Å²) in [4.78, 5) is 13.6. The molecule has 0 unspecified atom stereocenters. The molecule has 1 aromatic carbocycles. The fraction of sp³-hybridized carbons (Fsp3) is 0.533. The van der Waals surface area contributed by atoms with E-state index < -0.39 is 9.84 Å². The number of nitrogens with one attached hydrogen (secondary N) is 1. The fourth-order valence-electron chi connectivity index (χ4n) is 2.50. The fourth-order valence-corrected chi connectivity index (χ4v) is 4.40. The Morgan fingerprint density at radius 2 is 2.00 bits per heavy atom. The number of nitrogens with zero attached hydrogens (tertiary/aromatic N) is 1. The van der Waals surface area contributed by atoms with Crippen LogP contribution in [0.3, 0.4) is 0 Å². The molecule has 0 aliphatic heterocycles. The topological polar surface area (TPSA) is 66.5 Å². The summed E-state index contributed by atoms with van der Waals surface area (Å²) in [5.74, 6) is 0.